The first-order valence-corrected chi connectivity index (χ1v) is 6.51. The number of rotatable bonds is 4. The third-order valence-corrected chi connectivity index (χ3v) is 3.93. The fraction of sp³-hybridized carbons (Fsp3) is 0.786. The number of nitrogens with zero attached hydrogens (tertiary/aromatic N) is 1. The molecule has 98 valence electrons. The van der Waals surface area contributed by atoms with Gasteiger partial charge in [0.1, 0.15) is 0 Å². The Morgan fingerprint density at radius 1 is 1.47 bits per heavy atom. The van der Waals surface area contributed by atoms with Gasteiger partial charge in [-0.3, -0.25) is 4.79 Å². The minimum Gasteiger partial charge on any atom is -0.341 e. The maximum absolute atomic E-state index is 12.5. The van der Waals surface area contributed by atoms with E-state index in [0.717, 1.165) is 37.2 Å². The van der Waals surface area contributed by atoms with Gasteiger partial charge in [0.05, 0.1) is 5.41 Å². The second-order valence-corrected chi connectivity index (χ2v) is 5.79. The minimum atomic E-state index is -0.309. The predicted molar refractivity (Wildman–Crippen MR) is 71.6 cm³/mol. The number of amides is 1. The Morgan fingerprint density at radius 3 is 2.41 bits per heavy atom. The molecule has 2 N–H and O–H groups in total. The zero-order chi connectivity index (χ0) is 13.1. The smallest absolute Gasteiger partial charge is 0.230 e. The Labute approximate surface area is 105 Å². The Bertz CT molecular complexity index is 291. The predicted octanol–water partition coefficient (Wildman–Crippen LogP) is 2.18. The molecule has 1 amide bonds. The molecule has 0 spiro atoms. The molecule has 0 heterocycles. The minimum absolute atomic E-state index is 0.204. The van der Waals surface area contributed by atoms with Crippen LogP contribution in [0.1, 0.15) is 39.5 Å². The molecule has 1 aliphatic carbocycles. The zero-order valence-electron chi connectivity index (χ0n) is 11.5. The van der Waals surface area contributed by atoms with Crippen LogP contribution in [0.2, 0.25) is 0 Å². The largest absolute Gasteiger partial charge is 0.341 e. The average molecular weight is 238 g/mol. The van der Waals surface area contributed by atoms with Crippen molar-refractivity contribution in [2.75, 3.05) is 20.1 Å². The fourth-order valence-corrected chi connectivity index (χ4v) is 2.70. The molecule has 1 fully saturated rings. The van der Waals surface area contributed by atoms with Crippen LogP contribution in [0.3, 0.4) is 0 Å². The lowest BCUT2D eigenvalue weighted by molar-refractivity contribution is -0.142. The van der Waals surface area contributed by atoms with Crippen LogP contribution in [0, 0.1) is 11.3 Å². The highest BCUT2D eigenvalue weighted by atomic mass is 16.2. The molecule has 0 aromatic heterocycles. The average Bonchev–Trinajstić information content (AvgIpc) is 2.29. The van der Waals surface area contributed by atoms with Crippen molar-refractivity contribution in [3.8, 4) is 0 Å². The summed E-state index contributed by atoms with van der Waals surface area (Å²) in [6.45, 7) is 9.16. The Balaban J connectivity index is 2.72. The molecule has 3 heteroatoms. The molecule has 0 aromatic rings. The van der Waals surface area contributed by atoms with Gasteiger partial charge in [-0.15, -0.1) is 0 Å². The van der Waals surface area contributed by atoms with Crippen molar-refractivity contribution in [1.29, 1.82) is 0 Å². The van der Waals surface area contributed by atoms with Crippen LogP contribution in [0.5, 0.6) is 0 Å². The van der Waals surface area contributed by atoms with Crippen LogP contribution >= 0.6 is 0 Å². The molecule has 0 aliphatic heterocycles. The number of likely N-dealkylation sites (N-methyl/N-ethyl adjacent to an activating group) is 1. The van der Waals surface area contributed by atoms with E-state index in [-0.39, 0.29) is 11.3 Å². The quantitative estimate of drug-likeness (QED) is 0.763. The SMILES string of the molecule is C=C(C)CN(C)C(=O)C1(CN)CCC(C)CC1. The number of nitrogens with two attached hydrogens (primary N) is 1. The Hall–Kier alpha value is -0.830. The third kappa shape index (κ3) is 3.32. The Kier molecular flexibility index (Phi) is 4.75. The van der Waals surface area contributed by atoms with E-state index in [1.807, 2.05) is 14.0 Å². The van der Waals surface area contributed by atoms with Gasteiger partial charge in [-0.1, -0.05) is 19.1 Å². The summed E-state index contributed by atoms with van der Waals surface area (Å²) >= 11 is 0. The lowest BCUT2D eigenvalue weighted by Crippen LogP contribution is -2.48. The van der Waals surface area contributed by atoms with Crippen LogP contribution in [0.25, 0.3) is 0 Å². The van der Waals surface area contributed by atoms with E-state index < -0.39 is 0 Å². The molecule has 0 radical (unpaired) electrons. The summed E-state index contributed by atoms with van der Waals surface area (Å²) in [5.41, 5.74) is 6.59. The zero-order valence-corrected chi connectivity index (χ0v) is 11.5. The molecule has 0 aromatic carbocycles. The maximum atomic E-state index is 12.5. The van der Waals surface area contributed by atoms with Crippen molar-refractivity contribution in [3.63, 3.8) is 0 Å². The summed E-state index contributed by atoms with van der Waals surface area (Å²) in [5.74, 6) is 0.934. The van der Waals surface area contributed by atoms with Gasteiger partial charge < -0.3 is 10.6 Å². The van der Waals surface area contributed by atoms with Crippen LogP contribution < -0.4 is 5.73 Å². The molecule has 17 heavy (non-hydrogen) atoms. The van der Waals surface area contributed by atoms with E-state index in [1.165, 1.54) is 0 Å². The molecule has 1 aliphatic rings. The molecular weight excluding hydrogens is 212 g/mol. The summed E-state index contributed by atoms with van der Waals surface area (Å²) in [6, 6.07) is 0. The van der Waals surface area contributed by atoms with E-state index in [4.69, 9.17) is 5.73 Å². The van der Waals surface area contributed by atoms with E-state index >= 15 is 0 Å². The topological polar surface area (TPSA) is 46.3 Å². The van der Waals surface area contributed by atoms with E-state index in [9.17, 15) is 4.79 Å². The molecule has 1 rings (SSSR count). The van der Waals surface area contributed by atoms with Crippen LogP contribution in [-0.2, 0) is 4.79 Å². The van der Waals surface area contributed by atoms with E-state index in [1.54, 1.807) is 4.90 Å². The second kappa shape index (κ2) is 5.67. The van der Waals surface area contributed by atoms with Crippen molar-refractivity contribution in [2.24, 2.45) is 17.1 Å². The van der Waals surface area contributed by atoms with Crippen LogP contribution in [0.4, 0.5) is 0 Å². The lowest BCUT2D eigenvalue weighted by atomic mass is 9.70. The van der Waals surface area contributed by atoms with Crippen molar-refractivity contribution in [1.82, 2.24) is 4.90 Å². The van der Waals surface area contributed by atoms with Crippen molar-refractivity contribution in [2.45, 2.75) is 39.5 Å². The first-order chi connectivity index (χ1) is 7.91. The second-order valence-electron chi connectivity index (χ2n) is 5.79. The molecule has 0 bridgehead atoms. The van der Waals surface area contributed by atoms with Gasteiger partial charge in [-0.2, -0.15) is 0 Å². The molecule has 3 nitrogen and oxygen atoms in total. The van der Waals surface area contributed by atoms with Gasteiger partial charge in [0, 0.05) is 20.1 Å². The maximum Gasteiger partial charge on any atom is 0.230 e. The van der Waals surface area contributed by atoms with Gasteiger partial charge in [-0.25, -0.2) is 0 Å². The van der Waals surface area contributed by atoms with E-state index in [0.29, 0.717) is 13.1 Å². The van der Waals surface area contributed by atoms with Crippen molar-refractivity contribution >= 4 is 5.91 Å². The molecule has 0 atom stereocenters. The molecule has 0 unspecified atom stereocenters. The summed E-state index contributed by atoms with van der Waals surface area (Å²) < 4.78 is 0. The van der Waals surface area contributed by atoms with Gasteiger partial charge >= 0.3 is 0 Å². The molecule has 1 saturated carbocycles. The van der Waals surface area contributed by atoms with E-state index in [2.05, 4.69) is 13.5 Å². The highest BCUT2D eigenvalue weighted by Gasteiger charge is 2.41. The van der Waals surface area contributed by atoms with Crippen LogP contribution in [0.15, 0.2) is 12.2 Å². The van der Waals surface area contributed by atoms with Crippen molar-refractivity contribution in [3.05, 3.63) is 12.2 Å². The first-order valence-electron chi connectivity index (χ1n) is 6.51. The normalized spacial score (nSPS) is 28.8. The number of hydrogen-bond donors (Lipinski definition) is 1. The van der Waals surface area contributed by atoms with Gasteiger partial charge in [0.2, 0.25) is 5.91 Å². The first kappa shape index (κ1) is 14.2. The number of carbonyl (C=O) groups excluding carboxylic acids is 1. The van der Waals surface area contributed by atoms with Gasteiger partial charge in [-0.05, 0) is 38.5 Å². The van der Waals surface area contributed by atoms with Crippen LogP contribution in [-0.4, -0.2) is 30.9 Å². The molecular formula is C14H26N2O. The van der Waals surface area contributed by atoms with Gasteiger partial charge in [0.15, 0.2) is 0 Å². The lowest BCUT2D eigenvalue weighted by Gasteiger charge is -2.39. The summed E-state index contributed by atoms with van der Waals surface area (Å²) in [7, 11) is 1.85. The third-order valence-electron chi connectivity index (χ3n) is 3.93. The monoisotopic (exact) mass is 238 g/mol. The number of carbonyl (C=O) groups is 1. The summed E-state index contributed by atoms with van der Waals surface area (Å²) in [4.78, 5) is 14.3. The molecule has 0 saturated heterocycles. The highest BCUT2D eigenvalue weighted by Crippen LogP contribution is 2.39. The Morgan fingerprint density at radius 2 is 2.00 bits per heavy atom. The number of hydrogen-bond acceptors (Lipinski definition) is 2. The summed E-state index contributed by atoms with van der Waals surface area (Å²) in [6.07, 6.45) is 4.10. The standard InChI is InChI=1S/C14H26N2O/c1-11(2)9-16(4)13(17)14(10-15)7-5-12(3)6-8-14/h12H,1,5-10,15H2,2-4H3. The highest BCUT2D eigenvalue weighted by molar-refractivity contribution is 5.83. The van der Waals surface area contributed by atoms with Crippen molar-refractivity contribution < 1.29 is 4.79 Å². The van der Waals surface area contributed by atoms with Gasteiger partial charge in [0.25, 0.3) is 0 Å². The summed E-state index contributed by atoms with van der Waals surface area (Å²) in [5, 5.41) is 0. The fourth-order valence-electron chi connectivity index (χ4n) is 2.70.